The monoisotopic (exact) mass is 453 g/mol. The molecule has 142 valence electrons. The molecule has 1 heterocycles. The van der Waals surface area contributed by atoms with Crippen LogP contribution < -0.4 is 16.0 Å². The normalized spacial score (nSPS) is 22.2. The summed E-state index contributed by atoms with van der Waals surface area (Å²) in [5.41, 5.74) is -0.226. The van der Waals surface area contributed by atoms with Crippen LogP contribution >= 0.6 is 24.0 Å². The van der Waals surface area contributed by atoms with Gasteiger partial charge >= 0.3 is 0 Å². The van der Waals surface area contributed by atoms with Crippen LogP contribution in [0.3, 0.4) is 0 Å². The molecule has 1 aliphatic rings. The molecule has 7 heteroatoms. The van der Waals surface area contributed by atoms with E-state index in [2.05, 4.69) is 46.6 Å². The molecule has 1 amide bonds. The first-order valence-corrected chi connectivity index (χ1v) is 8.72. The number of hydrogen-bond donors (Lipinski definition) is 3. The average Bonchev–Trinajstić information content (AvgIpc) is 2.76. The Labute approximate surface area is 164 Å². The molecular formula is C17H36IN5O. The van der Waals surface area contributed by atoms with E-state index in [0.29, 0.717) is 18.0 Å². The lowest BCUT2D eigenvalue weighted by atomic mass is 10.1. The highest BCUT2D eigenvalue weighted by molar-refractivity contribution is 14.0. The molecule has 1 rings (SSSR count). The molecule has 1 aliphatic heterocycles. The van der Waals surface area contributed by atoms with Crippen LogP contribution in [-0.4, -0.2) is 60.6 Å². The number of amides is 1. The van der Waals surface area contributed by atoms with Crippen molar-refractivity contribution in [3.8, 4) is 0 Å². The first-order valence-electron chi connectivity index (χ1n) is 8.72. The zero-order valence-electron chi connectivity index (χ0n) is 16.3. The minimum atomic E-state index is -0.226. The number of halogens is 1. The summed E-state index contributed by atoms with van der Waals surface area (Å²) in [6.45, 7) is 17.7. The SMILES string of the molecule is CCNC(=NCC(=O)NC(C)(C)C)NC1CN(C(C)C)CC1C.I. The van der Waals surface area contributed by atoms with Crippen molar-refractivity contribution in [2.45, 2.75) is 66.1 Å². The van der Waals surface area contributed by atoms with E-state index in [1.54, 1.807) is 0 Å². The number of carbonyl (C=O) groups excluding carboxylic acids is 1. The average molecular weight is 453 g/mol. The molecule has 0 spiro atoms. The van der Waals surface area contributed by atoms with E-state index in [9.17, 15) is 4.79 Å². The van der Waals surface area contributed by atoms with Crippen molar-refractivity contribution in [3.63, 3.8) is 0 Å². The van der Waals surface area contributed by atoms with Crippen LogP contribution in [0.25, 0.3) is 0 Å². The predicted octanol–water partition coefficient (Wildman–Crippen LogP) is 1.80. The van der Waals surface area contributed by atoms with Crippen LogP contribution in [0.15, 0.2) is 4.99 Å². The molecule has 0 bridgehead atoms. The Morgan fingerprint density at radius 1 is 1.29 bits per heavy atom. The fourth-order valence-corrected chi connectivity index (χ4v) is 2.72. The minimum absolute atomic E-state index is 0. The molecule has 0 aromatic heterocycles. The lowest BCUT2D eigenvalue weighted by Gasteiger charge is -2.22. The Morgan fingerprint density at radius 3 is 2.38 bits per heavy atom. The maximum atomic E-state index is 11.9. The van der Waals surface area contributed by atoms with Crippen molar-refractivity contribution in [3.05, 3.63) is 0 Å². The fraction of sp³-hybridized carbons (Fsp3) is 0.882. The number of carbonyl (C=O) groups is 1. The van der Waals surface area contributed by atoms with Gasteiger partial charge in [0.2, 0.25) is 5.91 Å². The summed E-state index contributed by atoms with van der Waals surface area (Å²) in [5, 5.41) is 9.65. The number of hydrogen-bond acceptors (Lipinski definition) is 3. The van der Waals surface area contributed by atoms with Gasteiger partial charge in [0, 0.05) is 37.3 Å². The van der Waals surface area contributed by atoms with Crippen LogP contribution in [0.1, 0.15) is 48.5 Å². The first kappa shape index (κ1) is 23.4. The molecule has 0 aromatic carbocycles. The molecule has 0 aliphatic carbocycles. The van der Waals surface area contributed by atoms with Gasteiger partial charge in [-0.25, -0.2) is 4.99 Å². The molecule has 24 heavy (non-hydrogen) atoms. The van der Waals surface area contributed by atoms with Crippen LogP contribution in [0.4, 0.5) is 0 Å². The second kappa shape index (κ2) is 10.4. The maximum Gasteiger partial charge on any atom is 0.242 e. The predicted molar refractivity (Wildman–Crippen MR) is 112 cm³/mol. The standard InChI is InChI=1S/C17H35N5O.HI/c1-8-18-16(19-9-15(23)21-17(5,6)7)20-14-11-22(12(2)3)10-13(14)4;/h12-14H,8-11H2,1-7H3,(H,21,23)(H2,18,19,20);1H. The highest BCUT2D eigenvalue weighted by Gasteiger charge is 2.31. The zero-order valence-corrected chi connectivity index (χ0v) is 18.6. The Bertz CT molecular complexity index is 420. The maximum absolute atomic E-state index is 11.9. The summed E-state index contributed by atoms with van der Waals surface area (Å²) in [6, 6.07) is 0.919. The van der Waals surface area contributed by atoms with Crippen molar-refractivity contribution in [1.82, 2.24) is 20.9 Å². The number of rotatable bonds is 5. The number of likely N-dealkylation sites (tertiary alicyclic amines) is 1. The molecular weight excluding hydrogens is 417 g/mol. The van der Waals surface area contributed by atoms with Gasteiger partial charge in [-0.1, -0.05) is 6.92 Å². The molecule has 2 unspecified atom stereocenters. The summed E-state index contributed by atoms with van der Waals surface area (Å²) in [6.07, 6.45) is 0. The third kappa shape index (κ3) is 8.50. The quantitative estimate of drug-likeness (QED) is 0.338. The lowest BCUT2D eigenvalue weighted by molar-refractivity contribution is -0.121. The number of aliphatic imine (C=N–C) groups is 1. The second-order valence-corrected chi connectivity index (χ2v) is 7.77. The molecule has 3 N–H and O–H groups in total. The van der Waals surface area contributed by atoms with Gasteiger partial charge < -0.3 is 16.0 Å². The fourth-order valence-electron chi connectivity index (χ4n) is 2.72. The Hall–Kier alpha value is -0.570. The molecule has 2 atom stereocenters. The summed E-state index contributed by atoms with van der Waals surface area (Å²) >= 11 is 0. The van der Waals surface area contributed by atoms with Crippen LogP contribution in [0, 0.1) is 5.92 Å². The van der Waals surface area contributed by atoms with Crippen molar-refractivity contribution >= 4 is 35.8 Å². The zero-order chi connectivity index (χ0) is 17.6. The molecule has 6 nitrogen and oxygen atoms in total. The Kier molecular flexibility index (Phi) is 10.2. The van der Waals surface area contributed by atoms with Gasteiger partial charge in [-0.3, -0.25) is 9.69 Å². The van der Waals surface area contributed by atoms with E-state index in [1.165, 1.54) is 0 Å². The van der Waals surface area contributed by atoms with E-state index in [0.717, 1.165) is 25.6 Å². The summed E-state index contributed by atoms with van der Waals surface area (Å²) < 4.78 is 0. The van der Waals surface area contributed by atoms with Gasteiger partial charge in [0.05, 0.1) is 0 Å². The molecule has 1 fully saturated rings. The van der Waals surface area contributed by atoms with Gasteiger partial charge in [-0.2, -0.15) is 0 Å². The second-order valence-electron chi connectivity index (χ2n) is 7.77. The largest absolute Gasteiger partial charge is 0.357 e. The third-order valence-corrected chi connectivity index (χ3v) is 3.93. The molecule has 1 saturated heterocycles. The van der Waals surface area contributed by atoms with E-state index in [1.807, 2.05) is 27.7 Å². The van der Waals surface area contributed by atoms with Gasteiger partial charge in [-0.05, 0) is 47.5 Å². The van der Waals surface area contributed by atoms with Crippen molar-refractivity contribution in [2.75, 3.05) is 26.2 Å². The first-order chi connectivity index (χ1) is 10.6. The topological polar surface area (TPSA) is 68.8 Å². The van der Waals surface area contributed by atoms with Crippen LogP contribution in [0.5, 0.6) is 0 Å². The Balaban J connectivity index is 0.00000529. The Morgan fingerprint density at radius 2 is 1.92 bits per heavy atom. The number of guanidine groups is 1. The minimum Gasteiger partial charge on any atom is -0.357 e. The molecule has 0 aromatic rings. The summed E-state index contributed by atoms with van der Waals surface area (Å²) in [7, 11) is 0. The third-order valence-electron chi connectivity index (χ3n) is 3.93. The van der Waals surface area contributed by atoms with Gasteiger partial charge in [-0.15, -0.1) is 24.0 Å². The van der Waals surface area contributed by atoms with Gasteiger partial charge in [0.15, 0.2) is 5.96 Å². The van der Waals surface area contributed by atoms with Crippen LogP contribution in [-0.2, 0) is 4.79 Å². The van der Waals surface area contributed by atoms with Crippen molar-refractivity contribution in [1.29, 1.82) is 0 Å². The van der Waals surface area contributed by atoms with E-state index < -0.39 is 0 Å². The van der Waals surface area contributed by atoms with Crippen molar-refractivity contribution < 1.29 is 4.79 Å². The highest BCUT2D eigenvalue weighted by atomic mass is 127. The van der Waals surface area contributed by atoms with E-state index >= 15 is 0 Å². The van der Waals surface area contributed by atoms with Gasteiger partial charge in [0.25, 0.3) is 0 Å². The summed E-state index contributed by atoms with van der Waals surface area (Å²) in [4.78, 5) is 18.8. The lowest BCUT2D eigenvalue weighted by Crippen LogP contribution is -2.47. The smallest absolute Gasteiger partial charge is 0.242 e. The van der Waals surface area contributed by atoms with E-state index in [-0.39, 0.29) is 42.0 Å². The highest BCUT2D eigenvalue weighted by Crippen LogP contribution is 2.18. The number of nitrogens with zero attached hydrogens (tertiary/aromatic N) is 2. The summed E-state index contributed by atoms with van der Waals surface area (Å²) in [5.74, 6) is 1.22. The van der Waals surface area contributed by atoms with Crippen LogP contribution in [0.2, 0.25) is 0 Å². The van der Waals surface area contributed by atoms with Gasteiger partial charge in [0.1, 0.15) is 6.54 Å². The molecule has 0 radical (unpaired) electrons. The molecule has 0 saturated carbocycles. The van der Waals surface area contributed by atoms with Crippen molar-refractivity contribution in [2.24, 2.45) is 10.9 Å². The van der Waals surface area contributed by atoms with E-state index in [4.69, 9.17) is 0 Å². The number of nitrogens with one attached hydrogen (secondary N) is 3.